The van der Waals surface area contributed by atoms with E-state index in [1.54, 1.807) is 25.1 Å². The Morgan fingerprint density at radius 2 is 1.77 bits per heavy atom. The van der Waals surface area contributed by atoms with Crippen molar-refractivity contribution in [1.82, 2.24) is 4.98 Å². The molecule has 3 aromatic carbocycles. The number of hydrogen-bond acceptors (Lipinski definition) is 6. The lowest BCUT2D eigenvalue weighted by Crippen LogP contribution is -2.22. The molecular formula is C26H21N3O4S2. The van der Waals surface area contributed by atoms with Gasteiger partial charge in [0.1, 0.15) is 0 Å². The number of amides is 2. The number of rotatable bonds is 8. The summed E-state index contributed by atoms with van der Waals surface area (Å²) in [5, 5.41) is 18.4. The van der Waals surface area contributed by atoms with Crippen LogP contribution < -0.4 is 10.6 Å². The molecule has 3 N–H and O–H groups in total. The van der Waals surface area contributed by atoms with Gasteiger partial charge in [-0.05, 0) is 42.0 Å². The molecule has 1 unspecified atom stereocenters. The minimum atomic E-state index is -1.20. The van der Waals surface area contributed by atoms with Crippen molar-refractivity contribution in [3.63, 3.8) is 0 Å². The number of carboxylic acids is 1. The minimum absolute atomic E-state index is 0.187. The lowest BCUT2D eigenvalue weighted by atomic mass is 10.1. The highest BCUT2D eigenvalue weighted by atomic mass is 32.2. The van der Waals surface area contributed by atoms with Gasteiger partial charge in [-0.25, -0.2) is 9.78 Å². The largest absolute Gasteiger partial charge is 0.478 e. The van der Waals surface area contributed by atoms with E-state index in [-0.39, 0.29) is 5.91 Å². The Labute approximate surface area is 209 Å². The van der Waals surface area contributed by atoms with Gasteiger partial charge >= 0.3 is 5.97 Å². The Kier molecular flexibility index (Phi) is 7.59. The van der Waals surface area contributed by atoms with E-state index in [9.17, 15) is 14.4 Å². The molecule has 0 fully saturated rings. The molecule has 0 aliphatic heterocycles. The predicted octanol–water partition coefficient (Wildman–Crippen LogP) is 5.66. The second-order valence-corrected chi connectivity index (χ2v) is 9.81. The zero-order chi connectivity index (χ0) is 24.8. The summed E-state index contributed by atoms with van der Waals surface area (Å²) < 4.78 is 0. The number of nitrogens with zero attached hydrogens (tertiary/aromatic N) is 1. The monoisotopic (exact) mass is 503 g/mol. The number of thiazole rings is 1. The number of hydrogen-bond donors (Lipinski definition) is 3. The van der Waals surface area contributed by atoms with Gasteiger partial charge in [-0.2, -0.15) is 0 Å². The molecule has 4 aromatic rings. The summed E-state index contributed by atoms with van der Waals surface area (Å²) in [7, 11) is 0. The topological polar surface area (TPSA) is 108 Å². The summed E-state index contributed by atoms with van der Waals surface area (Å²) in [6.07, 6.45) is 1.71. The average Bonchev–Trinajstić information content (AvgIpc) is 3.31. The molecule has 0 aliphatic carbocycles. The van der Waals surface area contributed by atoms with E-state index in [2.05, 4.69) is 39.9 Å². The van der Waals surface area contributed by atoms with Crippen LogP contribution in [-0.4, -0.2) is 33.1 Å². The summed E-state index contributed by atoms with van der Waals surface area (Å²) in [5.41, 5.74) is 2.29. The van der Waals surface area contributed by atoms with Gasteiger partial charge in [0.05, 0.1) is 10.9 Å². The number of fused-ring (bicyclic) bond motifs is 1. The van der Waals surface area contributed by atoms with E-state index in [1.165, 1.54) is 23.1 Å². The molecule has 1 heterocycles. The maximum atomic E-state index is 12.7. The van der Waals surface area contributed by atoms with Crippen LogP contribution in [0.15, 0.2) is 89.2 Å². The summed E-state index contributed by atoms with van der Waals surface area (Å²) in [6.45, 7) is 1.79. The molecule has 0 radical (unpaired) electrons. The number of nitrogens with one attached hydrogen (secondary N) is 2. The van der Waals surface area contributed by atoms with Crippen LogP contribution in [0.1, 0.15) is 6.92 Å². The average molecular weight is 504 g/mol. The van der Waals surface area contributed by atoms with Gasteiger partial charge in [0.15, 0.2) is 5.13 Å². The summed E-state index contributed by atoms with van der Waals surface area (Å²) >= 11 is 2.71. The number of aromatic nitrogens is 1. The van der Waals surface area contributed by atoms with Crippen LogP contribution in [0, 0.1) is 0 Å². The van der Waals surface area contributed by atoms with Crippen LogP contribution in [0.2, 0.25) is 0 Å². The highest BCUT2D eigenvalue weighted by Crippen LogP contribution is 2.30. The molecule has 9 heteroatoms. The lowest BCUT2D eigenvalue weighted by molar-refractivity contribution is -0.131. The summed E-state index contributed by atoms with van der Waals surface area (Å²) in [5.74, 6) is -1.94. The molecule has 1 aromatic heterocycles. The Bertz CT molecular complexity index is 1430. The van der Waals surface area contributed by atoms with Crippen molar-refractivity contribution >= 4 is 62.5 Å². The fourth-order valence-electron chi connectivity index (χ4n) is 3.26. The standard InChI is InChI=1S/C26H21N3O4S2/c1-16(35-21-8-4-7-20(14-21)27-23(30)11-12-24(31)32)25(33)29-26-28-22(15-34-26)19-10-9-17-5-2-3-6-18(17)13-19/h2-16H,1H3,(H,27,30)(H,31,32)(H,28,29,33)/b12-11+. The van der Waals surface area contributed by atoms with E-state index < -0.39 is 17.1 Å². The van der Waals surface area contributed by atoms with Gasteiger partial charge in [-0.3, -0.25) is 9.59 Å². The van der Waals surface area contributed by atoms with Gasteiger partial charge < -0.3 is 15.7 Å². The number of carboxylic acid groups (broad SMARTS) is 1. The van der Waals surface area contributed by atoms with Crippen LogP contribution in [-0.2, 0) is 14.4 Å². The molecule has 0 spiro atoms. The highest BCUT2D eigenvalue weighted by molar-refractivity contribution is 8.00. The SMILES string of the molecule is CC(Sc1cccc(NC(=O)/C=C/C(=O)O)c1)C(=O)Nc1nc(-c2ccc3ccccc3c2)cs1. The van der Waals surface area contributed by atoms with Crippen LogP contribution in [0.25, 0.3) is 22.0 Å². The molecule has 35 heavy (non-hydrogen) atoms. The van der Waals surface area contributed by atoms with Gasteiger partial charge in [0.2, 0.25) is 11.8 Å². The number of benzene rings is 3. The van der Waals surface area contributed by atoms with E-state index in [0.29, 0.717) is 10.8 Å². The first kappa shape index (κ1) is 24.2. The maximum Gasteiger partial charge on any atom is 0.328 e. The van der Waals surface area contributed by atoms with Crippen molar-refractivity contribution < 1.29 is 19.5 Å². The smallest absolute Gasteiger partial charge is 0.328 e. The second kappa shape index (κ2) is 11.0. The molecule has 0 saturated heterocycles. The molecular weight excluding hydrogens is 482 g/mol. The molecule has 7 nitrogen and oxygen atoms in total. The first-order valence-corrected chi connectivity index (χ1v) is 12.4. The second-order valence-electron chi connectivity index (χ2n) is 7.54. The fraction of sp³-hybridized carbons (Fsp3) is 0.0769. The molecule has 0 aliphatic rings. The van der Waals surface area contributed by atoms with Crippen LogP contribution in [0.4, 0.5) is 10.8 Å². The zero-order valence-corrected chi connectivity index (χ0v) is 20.2. The normalized spacial score (nSPS) is 11.9. The van der Waals surface area contributed by atoms with Gasteiger partial charge in [-0.1, -0.05) is 42.5 Å². The Hall–Kier alpha value is -3.95. The molecule has 0 bridgehead atoms. The van der Waals surface area contributed by atoms with Crippen LogP contribution in [0.3, 0.4) is 0 Å². The number of thioether (sulfide) groups is 1. The van der Waals surface area contributed by atoms with E-state index >= 15 is 0 Å². The van der Waals surface area contributed by atoms with Gasteiger partial charge in [0, 0.05) is 33.7 Å². The summed E-state index contributed by atoms with van der Waals surface area (Å²) in [4.78, 5) is 40.4. The Morgan fingerprint density at radius 1 is 0.971 bits per heavy atom. The van der Waals surface area contributed by atoms with Crippen molar-refractivity contribution in [2.24, 2.45) is 0 Å². The van der Waals surface area contributed by atoms with Crippen LogP contribution in [0.5, 0.6) is 0 Å². The third-order valence-corrected chi connectivity index (χ3v) is 6.79. The molecule has 0 saturated carbocycles. The van der Waals surface area contributed by atoms with Gasteiger partial charge in [-0.15, -0.1) is 23.1 Å². The number of carbonyl (C=O) groups excluding carboxylic acids is 2. The molecule has 4 rings (SSSR count). The number of anilines is 2. The zero-order valence-electron chi connectivity index (χ0n) is 18.6. The van der Waals surface area contributed by atoms with Crippen molar-refractivity contribution in [2.45, 2.75) is 17.1 Å². The van der Waals surface area contributed by atoms with Crippen molar-refractivity contribution in [3.8, 4) is 11.3 Å². The van der Waals surface area contributed by atoms with Crippen LogP contribution >= 0.6 is 23.1 Å². The Balaban J connectivity index is 1.37. The first-order valence-electron chi connectivity index (χ1n) is 10.6. The van der Waals surface area contributed by atoms with Gasteiger partial charge in [0.25, 0.3) is 0 Å². The molecule has 1 atom stereocenters. The van der Waals surface area contributed by atoms with Crippen molar-refractivity contribution in [3.05, 3.63) is 84.3 Å². The molecule has 176 valence electrons. The fourth-order valence-corrected chi connectivity index (χ4v) is 4.90. The predicted molar refractivity (Wildman–Crippen MR) is 141 cm³/mol. The first-order chi connectivity index (χ1) is 16.9. The van der Waals surface area contributed by atoms with E-state index in [0.717, 1.165) is 39.1 Å². The van der Waals surface area contributed by atoms with E-state index in [1.807, 2.05) is 29.6 Å². The highest BCUT2D eigenvalue weighted by Gasteiger charge is 2.17. The molecule has 2 amide bonds. The maximum absolute atomic E-state index is 12.7. The minimum Gasteiger partial charge on any atom is -0.478 e. The number of carbonyl (C=O) groups is 3. The van der Waals surface area contributed by atoms with Crippen molar-refractivity contribution in [2.75, 3.05) is 10.6 Å². The summed E-state index contributed by atoms with van der Waals surface area (Å²) in [6, 6.07) is 21.3. The third-order valence-electron chi connectivity index (χ3n) is 4.94. The lowest BCUT2D eigenvalue weighted by Gasteiger charge is -2.11. The quantitative estimate of drug-likeness (QED) is 0.211. The van der Waals surface area contributed by atoms with E-state index in [4.69, 9.17) is 5.11 Å². The third kappa shape index (κ3) is 6.56. The van der Waals surface area contributed by atoms with Crippen molar-refractivity contribution in [1.29, 1.82) is 0 Å². The Morgan fingerprint density at radius 3 is 2.57 bits per heavy atom. The number of aliphatic carboxylic acids is 1.